The molecule has 1 aromatic carbocycles. The molecule has 0 spiro atoms. The maximum Gasteiger partial charge on any atom is 0.422 e. The van der Waals surface area contributed by atoms with E-state index in [1.54, 1.807) is 0 Å². The van der Waals surface area contributed by atoms with Crippen molar-refractivity contribution < 1.29 is 32.2 Å². The molecule has 0 heterocycles. The lowest BCUT2D eigenvalue weighted by Gasteiger charge is -2.10. The summed E-state index contributed by atoms with van der Waals surface area (Å²) >= 11 is 0. The van der Waals surface area contributed by atoms with Crippen molar-refractivity contribution in [1.82, 2.24) is 0 Å². The monoisotopic (exact) mass is 238 g/mol. The number of hydrogen-bond acceptors (Lipinski definition) is 2. The van der Waals surface area contributed by atoms with Gasteiger partial charge in [-0.05, 0) is 18.2 Å². The molecule has 0 radical (unpaired) electrons. The van der Waals surface area contributed by atoms with Gasteiger partial charge in [0, 0.05) is 0 Å². The third-order valence-corrected chi connectivity index (χ3v) is 1.57. The molecule has 0 bridgehead atoms. The van der Waals surface area contributed by atoms with Gasteiger partial charge in [-0.3, -0.25) is 0 Å². The highest BCUT2D eigenvalue weighted by Gasteiger charge is 2.29. The number of benzene rings is 1. The van der Waals surface area contributed by atoms with Crippen LogP contribution in [0.1, 0.15) is 10.4 Å². The predicted octanol–water partition coefficient (Wildman–Crippen LogP) is 2.47. The topological polar surface area (TPSA) is 46.5 Å². The smallest absolute Gasteiger partial charge is 0.422 e. The third kappa shape index (κ3) is 3.41. The molecular formula is C9H6F4O3. The molecule has 0 aliphatic rings. The molecule has 0 saturated carbocycles. The first-order valence-electron chi connectivity index (χ1n) is 4.02. The fraction of sp³-hybridized carbons (Fsp3) is 0.222. The Morgan fingerprint density at radius 3 is 2.50 bits per heavy atom. The van der Waals surface area contributed by atoms with Crippen LogP contribution in [0.5, 0.6) is 5.75 Å². The van der Waals surface area contributed by atoms with Gasteiger partial charge in [-0.2, -0.15) is 13.2 Å². The molecule has 1 N–H and O–H groups in total. The molecular weight excluding hydrogens is 232 g/mol. The van der Waals surface area contributed by atoms with Crippen molar-refractivity contribution in [3.05, 3.63) is 29.6 Å². The Balaban J connectivity index is 2.86. The first-order chi connectivity index (χ1) is 7.29. The van der Waals surface area contributed by atoms with E-state index < -0.39 is 30.3 Å². The number of rotatable bonds is 3. The van der Waals surface area contributed by atoms with E-state index in [-0.39, 0.29) is 5.56 Å². The molecule has 7 heteroatoms. The maximum atomic E-state index is 12.9. The average Bonchev–Trinajstić information content (AvgIpc) is 2.14. The zero-order valence-electron chi connectivity index (χ0n) is 7.71. The van der Waals surface area contributed by atoms with Gasteiger partial charge in [-0.25, -0.2) is 9.18 Å². The molecule has 3 nitrogen and oxygen atoms in total. The fourth-order valence-corrected chi connectivity index (χ4v) is 0.907. The van der Waals surface area contributed by atoms with Crippen molar-refractivity contribution in [3.8, 4) is 5.75 Å². The fourth-order valence-electron chi connectivity index (χ4n) is 0.907. The minimum absolute atomic E-state index is 0.349. The average molecular weight is 238 g/mol. The summed E-state index contributed by atoms with van der Waals surface area (Å²) in [4.78, 5) is 10.5. The van der Waals surface area contributed by atoms with Gasteiger partial charge in [0.25, 0.3) is 0 Å². The van der Waals surface area contributed by atoms with E-state index in [4.69, 9.17) is 5.11 Å². The molecule has 0 aliphatic heterocycles. The predicted molar refractivity (Wildman–Crippen MR) is 44.9 cm³/mol. The van der Waals surface area contributed by atoms with E-state index in [1.165, 1.54) is 0 Å². The standard InChI is InChI=1S/C9H6F4O3/c10-6-2-1-5(8(14)15)3-7(6)16-4-9(11,12)13/h1-3H,4H2,(H,14,15). The Hall–Kier alpha value is -1.79. The zero-order chi connectivity index (χ0) is 12.3. The minimum atomic E-state index is -4.61. The second-order valence-corrected chi connectivity index (χ2v) is 2.85. The minimum Gasteiger partial charge on any atom is -0.481 e. The number of alkyl halides is 3. The number of hydrogen-bond donors (Lipinski definition) is 1. The van der Waals surface area contributed by atoms with Crippen LogP contribution in [0.2, 0.25) is 0 Å². The molecule has 0 unspecified atom stereocenters. The number of carbonyl (C=O) groups is 1. The van der Waals surface area contributed by atoms with Gasteiger partial charge in [0.05, 0.1) is 5.56 Å². The van der Waals surface area contributed by atoms with Crippen LogP contribution in [-0.4, -0.2) is 23.9 Å². The molecule has 88 valence electrons. The quantitative estimate of drug-likeness (QED) is 0.823. The van der Waals surface area contributed by atoms with Crippen LogP contribution < -0.4 is 4.74 Å². The summed E-state index contributed by atoms with van der Waals surface area (Å²) < 4.78 is 52.4. The van der Waals surface area contributed by atoms with Crippen molar-refractivity contribution in [2.45, 2.75) is 6.18 Å². The molecule has 0 amide bonds. The molecule has 16 heavy (non-hydrogen) atoms. The first-order valence-corrected chi connectivity index (χ1v) is 4.02. The van der Waals surface area contributed by atoms with Gasteiger partial charge >= 0.3 is 12.1 Å². The van der Waals surface area contributed by atoms with Crippen molar-refractivity contribution in [2.24, 2.45) is 0 Å². The van der Waals surface area contributed by atoms with Gasteiger partial charge in [-0.15, -0.1) is 0 Å². The Bertz CT molecular complexity index is 400. The maximum absolute atomic E-state index is 12.9. The molecule has 0 aliphatic carbocycles. The van der Waals surface area contributed by atoms with E-state index in [0.29, 0.717) is 6.07 Å². The van der Waals surface area contributed by atoms with E-state index in [1.807, 2.05) is 0 Å². The van der Waals surface area contributed by atoms with Crippen LogP contribution in [0.25, 0.3) is 0 Å². The first kappa shape index (κ1) is 12.3. The molecule has 0 aromatic heterocycles. The van der Waals surface area contributed by atoms with Crippen LogP contribution >= 0.6 is 0 Å². The summed E-state index contributed by atoms with van der Waals surface area (Å²) in [6.45, 7) is -1.67. The van der Waals surface area contributed by atoms with E-state index in [9.17, 15) is 22.4 Å². The van der Waals surface area contributed by atoms with Crippen LogP contribution in [0.15, 0.2) is 18.2 Å². The second-order valence-electron chi connectivity index (χ2n) is 2.85. The Morgan fingerprint density at radius 1 is 1.38 bits per heavy atom. The molecule has 0 atom stereocenters. The van der Waals surface area contributed by atoms with Gasteiger partial charge < -0.3 is 9.84 Å². The molecule has 0 fully saturated rings. The van der Waals surface area contributed by atoms with Gasteiger partial charge in [0.15, 0.2) is 18.2 Å². The summed E-state index contributed by atoms with van der Waals surface area (Å²) in [5.74, 6) is -3.16. The lowest BCUT2D eigenvalue weighted by molar-refractivity contribution is -0.153. The lowest BCUT2D eigenvalue weighted by Crippen LogP contribution is -2.19. The largest absolute Gasteiger partial charge is 0.481 e. The summed E-state index contributed by atoms with van der Waals surface area (Å²) in [5.41, 5.74) is -0.349. The van der Waals surface area contributed by atoms with E-state index in [0.717, 1.165) is 12.1 Å². The van der Waals surface area contributed by atoms with Gasteiger partial charge in [0.2, 0.25) is 0 Å². The Labute approximate surface area is 87.3 Å². The molecule has 1 aromatic rings. The van der Waals surface area contributed by atoms with Crippen molar-refractivity contribution >= 4 is 5.97 Å². The number of aromatic carboxylic acids is 1. The van der Waals surface area contributed by atoms with E-state index >= 15 is 0 Å². The Kier molecular flexibility index (Phi) is 3.36. The highest BCUT2D eigenvalue weighted by Crippen LogP contribution is 2.22. The Morgan fingerprint density at radius 2 is 2.00 bits per heavy atom. The molecule has 0 saturated heterocycles. The lowest BCUT2D eigenvalue weighted by atomic mass is 10.2. The van der Waals surface area contributed by atoms with Gasteiger partial charge in [-0.1, -0.05) is 0 Å². The van der Waals surface area contributed by atoms with Crippen LogP contribution in [-0.2, 0) is 0 Å². The number of halogens is 4. The molecule has 1 rings (SSSR count). The zero-order valence-corrected chi connectivity index (χ0v) is 7.71. The number of carboxylic acids is 1. The van der Waals surface area contributed by atoms with Crippen LogP contribution in [0.4, 0.5) is 17.6 Å². The highest BCUT2D eigenvalue weighted by molar-refractivity contribution is 5.88. The van der Waals surface area contributed by atoms with Crippen molar-refractivity contribution in [1.29, 1.82) is 0 Å². The van der Waals surface area contributed by atoms with Crippen LogP contribution in [0, 0.1) is 5.82 Å². The second kappa shape index (κ2) is 4.38. The summed E-state index contributed by atoms with van der Waals surface area (Å²) in [6.07, 6.45) is -4.61. The van der Waals surface area contributed by atoms with Crippen molar-refractivity contribution in [3.63, 3.8) is 0 Å². The third-order valence-electron chi connectivity index (χ3n) is 1.57. The number of carboxylic acid groups (broad SMARTS) is 1. The normalized spacial score (nSPS) is 11.2. The number of ether oxygens (including phenoxy) is 1. The summed E-state index contributed by atoms with van der Waals surface area (Å²) in [6, 6.07) is 2.36. The van der Waals surface area contributed by atoms with Crippen LogP contribution in [0.3, 0.4) is 0 Å². The highest BCUT2D eigenvalue weighted by atomic mass is 19.4. The summed E-state index contributed by atoms with van der Waals surface area (Å²) in [5, 5.41) is 8.53. The SMILES string of the molecule is O=C(O)c1ccc(F)c(OCC(F)(F)F)c1. The van der Waals surface area contributed by atoms with Gasteiger partial charge in [0.1, 0.15) is 0 Å². The summed E-state index contributed by atoms with van der Waals surface area (Å²) in [7, 11) is 0. The van der Waals surface area contributed by atoms with Crippen molar-refractivity contribution in [2.75, 3.05) is 6.61 Å². The van der Waals surface area contributed by atoms with E-state index in [2.05, 4.69) is 4.74 Å².